The molecular formula is C19H22N6. The molecule has 0 N–H and O–H groups in total. The van der Waals surface area contributed by atoms with Crippen LogP contribution in [-0.4, -0.2) is 57.6 Å². The molecule has 1 saturated heterocycles. The Morgan fingerprint density at radius 3 is 2.68 bits per heavy atom. The van der Waals surface area contributed by atoms with Crippen molar-refractivity contribution in [3.63, 3.8) is 0 Å². The molecule has 0 amide bonds. The van der Waals surface area contributed by atoms with Crippen molar-refractivity contribution in [1.82, 2.24) is 24.8 Å². The number of aryl methyl sites for hydroxylation is 1. The quantitative estimate of drug-likeness (QED) is 0.728. The Labute approximate surface area is 147 Å². The van der Waals surface area contributed by atoms with E-state index in [4.69, 9.17) is 0 Å². The van der Waals surface area contributed by atoms with E-state index in [1.54, 1.807) is 18.7 Å². The van der Waals surface area contributed by atoms with Crippen LogP contribution in [0, 0.1) is 6.92 Å². The van der Waals surface area contributed by atoms with E-state index < -0.39 is 0 Å². The van der Waals surface area contributed by atoms with Crippen molar-refractivity contribution in [2.24, 2.45) is 0 Å². The van der Waals surface area contributed by atoms with Gasteiger partial charge in [-0.3, -0.25) is 14.9 Å². The zero-order valence-electron chi connectivity index (χ0n) is 14.5. The Hall–Kier alpha value is -2.60. The van der Waals surface area contributed by atoms with Crippen molar-refractivity contribution < 1.29 is 0 Å². The number of hydrogen-bond donors (Lipinski definition) is 0. The Morgan fingerprint density at radius 1 is 1.00 bits per heavy atom. The van der Waals surface area contributed by atoms with E-state index in [9.17, 15) is 0 Å². The molecule has 1 aliphatic heterocycles. The molecule has 1 fully saturated rings. The fraction of sp³-hybridized carbons (Fsp3) is 0.368. The van der Waals surface area contributed by atoms with Crippen molar-refractivity contribution in [1.29, 1.82) is 0 Å². The van der Waals surface area contributed by atoms with E-state index in [1.807, 2.05) is 6.20 Å². The van der Waals surface area contributed by atoms with Gasteiger partial charge >= 0.3 is 0 Å². The first-order valence-electron chi connectivity index (χ1n) is 8.74. The van der Waals surface area contributed by atoms with E-state index in [1.165, 1.54) is 10.9 Å². The second-order valence-corrected chi connectivity index (χ2v) is 6.44. The summed E-state index contributed by atoms with van der Waals surface area (Å²) in [6.45, 7) is 7.21. The van der Waals surface area contributed by atoms with Gasteiger partial charge in [-0.15, -0.1) is 0 Å². The van der Waals surface area contributed by atoms with Crippen molar-refractivity contribution in [3.05, 3.63) is 54.4 Å². The van der Waals surface area contributed by atoms with Gasteiger partial charge in [0.15, 0.2) is 0 Å². The first kappa shape index (κ1) is 15.9. The molecule has 2 aromatic heterocycles. The number of piperazine rings is 1. The van der Waals surface area contributed by atoms with Gasteiger partial charge in [0, 0.05) is 63.1 Å². The van der Waals surface area contributed by atoms with Crippen LogP contribution in [0.1, 0.15) is 11.3 Å². The smallest absolute Gasteiger partial charge is 0.140 e. The Morgan fingerprint density at radius 2 is 1.88 bits per heavy atom. The van der Waals surface area contributed by atoms with Crippen LogP contribution < -0.4 is 4.90 Å². The number of anilines is 1. The molecule has 1 aliphatic rings. The van der Waals surface area contributed by atoms with E-state index in [-0.39, 0.29) is 0 Å². The predicted molar refractivity (Wildman–Crippen MR) is 98.7 cm³/mol. The highest BCUT2D eigenvalue weighted by Gasteiger charge is 2.20. The molecule has 3 aromatic rings. The molecule has 4 rings (SSSR count). The van der Waals surface area contributed by atoms with Crippen LogP contribution in [0.15, 0.2) is 43.1 Å². The van der Waals surface area contributed by atoms with Crippen molar-refractivity contribution in [3.8, 4) is 0 Å². The minimum Gasteiger partial charge on any atom is -0.353 e. The summed E-state index contributed by atoms with van der Waals surface area (Å²) in [4.78, 5) is 22.4. The number of hydrogen-bond acceptors (Lipinski definition) is 6. The Kier molecular flexibility index (Phi) is 4.52. The third kappa shape index (κ3) is 3.44. The maximum Gasteiger partial charge on any atom is 0.140 e. The first-order valence-corrected chi connectivity index (χ1v) is 8.74. The summed E-state index contributed by atoms with van der Waals surface area (Å²) >= 11 is 0. The highest BCUT2D eigenvalue weighted by molar-refractivity contribution is 5.92. The van der Waals surface area contributed by atoms with Crippen LogP contribution in [0.25, 0.3) is 10.9 Å². The summed E-state index contributed by atoms with van der Waals surface area (Å²) in [6, 6.07) is 6.25. The van der Waals surface area contributed by atoms with Crippen LogP contribution in [0.4, 0.5) is 5.82 Å². The summed E-state index contributed by atoms with van der Waals surface area (Å²) in [5.41, 5.74) is 3.32. The zero-order chi connectivity index (χ0) is 17.1. The minimum atomic E-state index is 0.948. The van der Waals surface area contributed by atoms with Crippen molar-refractivity contribution in [2.45, 2.75) is 13.3 Å². The summed E-state index contributed by atoms with van der Waals surface area (Å²) in [5, 5.41) is 1.18. The lowest BCUT2D eigenvalue weighted by molar-refractivity contribution is 0.260. The topological polar surface area (TPSA) is 58.0 Å². The zero-order valence-corrected chi connectivity index (χ0v) is 14.5. The molecule has 0 bridgehead atoms. The van der Waals surface area contributed by atoms with Crippen molar-refractivity contribution in [2.75, 3.05) is 37.6 Å². The summed E-state index contributed by atoms with van der Waals surface area (Å²) < 4.78 is 0. The minimum absolute atomic E-state index is 0.948. The third-order valence-corrected chi connectivity index (χ3v) is 4.82. The SMILES string of the molecule is Cc1cccc2ncnc(N3CCN(CCc4cnccn4)CC3)c12. The number of aromatic nitrogens is 4. The largest absolute Gasteiger partial charge is 0.353 e. The Bertz CT molecular complexity index is 838. The monoisotopic (exact) mass is 334 g/mol. The standard InChI is InChI=1S/C19H22N6/c1-15-3-2-4-17-18(15)19(23-14-22-17)25-11-9-24(10-12-25)8-5-16-13-20-6-7-21-16/h2-4,6-7,13-14H,5,8-12H2,1H3. The van der Waals surface area contributed by atoms with E-state index in [0.717, 1.165) is 56.2 Å². The highest BCUT2D eigenvalue weighted by Crippen LogP contribution is 2.26. The molecule has 0 saturated carbocycles. The van der Waals surface area contributed by atoms with Crippen LogP contribution in [-0.2, 0) is 6.42 Å². The molecular weight excluding hydrogens is 312 g/mol. The number of rotatable bonds is 4. The molecule has 6 heteroatoms. The van der Waals surface area contributed by atoms with Gasteiger partial charge in [-0.25, -0.2) is 9.97 Å². The van der Waals surface area contributed by atoms with Crippen molar-refractivity contribution >= 4 is 16.7 Å². The average Bonchev–Trinajstić information content (AvgIpc) is 2.67. The molecule has 6 nitrogen and oxygen atoms in total. The lowest BCUT2D eigenvalue weighted by atomic mass is 10.1. The van der Waals surface area contributed by atoms with E-state index in [0.29, 0.717) is 0 Å². The second-order valence-electron chi connectivity index (χ2n) is 6.44. The third-order valence-electron chi connectivity index (χ3n) is 4.82. The number of fused-ring (bicyclic) bond motifs is 1. The fourth-order valence-electron chi connectivity index (χ4n) is 3.42. The van der Waals surface area contributed by atoms with Crippen LogP contribution in [0.2, 0.25) is 0 Å². The second kappa shape index (κ2) is 7.11. The number of nitrogens with zero attached hydrogens (tertiary/aromatic N) is 6. The lowest BCUT2D eigenvalue weighted by Gasteiger charge is -2.35. The first-order chi connectivity index (χ1) is 12.3. The van der Waals surface area contributed by atoms with Crippen LogP contribution >= 0.6 is 0 Å². The molecule has 3 heterocycles. The lowest BCUT2D eigenvalue weighted by Crippen LogP contribution is -2.47. The predicted octanol–water partition coefficient (Wildman–Crippen LogP) is 2.09. The molecule has 1 aromatic carbocycles. The maximum absolute atomic E-state index is 4.59. The van der Waals surface area contributed by atoms with Gasteiger partial charge in [-0.1, -0.05) is 12.1 Å². The molecule has 0 aliphatic carbocycles. The van der Waals surface area contributed by atoms with Gasteiger partial charge in [0.05, 0.1) is 11.2 Å². The van der Waals surface area contributed by atoms with E-state index in [2.05, 4.69) is 54.9 Å². The Balaban J connectivity index is 1.42. The van der Waals surface area contributed by atoms with Gasteiger partial charge in [-0.2, -0.15) is 0 Å². The van der Waals surface area contributed by atoms with Gasteiger partial charge in [-0.05, 0) is 18.6 Å². The van der Waals surface area contributed by atoms with Crippen LogP contribution in [0.5, 0.6) is 0 Å². The molecule has 25 heavy (non-hydrogen) atoms. The van der Waals surface area contributed by atoms with Crippen LogP contribution in [0.3, 0.4) is 0 Å². The fourth-order valence-corrected chi connectivity index (χ4v) is 3.42. The average molecular weight is 334 g/mol. The van der Waals surface area contributed by atoms with Gasteiger partial charge in [0.25, 0.3) is 0 Å². The van der Waals surface area contributed by atoms with Gasteiger partial charge in [0.1, 0.15) is 12.1 Å². The maximum atomic E-state index is 4.59. The van der Waals surface area contributed by atoms with Gasteiger partial charge < -0.3 is 4.90 Å². The summed E-state index contributed by atoms with van der Waals surface area (Å²) in [5.74, 6) is 1.07. The number of benzene rings is 1. The molecule has 0 atom stereocenters. The normalized spacial score (nSPS) is 15.6. The summed E-state index contributed by atoms with van der Waals surface area (Å²) in [6.07, 6.45) is 7.96. The van der Waals surface area contributed by atoms with Gasteiger partial charge in [0.2, 0.25) is 0 Å². The molecule has 0 spiro atoms. The molecule has 0 radical (unpaired) electrons. The summed E-state index contributed by atoms with van der Waals surface area (Å²) in [7, 11) is 0. The van der Waals surface area contributed by atoms with E-state index >= 15 is 0 Å². The molecule has 128 valence electrons. The highest BCUT2D eigenvalue weighted by atomic mass is 15.3. The molecule has 0 unspecified atom stereocenters.